The van der Waals surface area contributed by atoms with Crippen molar-refractivity contribution in [2.45, 2.75) is 20.5 Å². The first-order chi connectivity index (χ1) is 9.65. The molecule has 0 atom stereocenters. The average Bonchev–Trinajstić information content (AvgIpc) is 2.89. The summed E-state index contributed by atoms with van der Waals surface area (Å²) in [4.78, 5) is 19.0. The maximum atomic E-state index is 11.9. The Morgan fingerprint density at radius 3 is 3.00 bits per heavy atom. The topological polar surface area (TPSA) is 55.0 Å². The molecule has 3 aromatic rings. The van der Waals surface area contributed by atoms with E-state index in [1.165, 1.54) is 16.9 Å². The van der Waals surface area contributed by atoms with Gasteiger partial charge in [0.05, 0.1) is 5.52 Å². The molecule has 0 bridgehead atoms. The molecule has 2 aromatic heterocycles. The van der Waals surface area contributed by atoms with Crippen LogP contribution in [0.2, 0.25) is 0 Å². The summed E-state index contributed by atoms with van der Waals surface area (Å²) in [6.07, 6.45) is 0. The maximum absolute atomic E-state index is 11.9. The van der Waals surface area contributed by atoms with Gasteiger partial charge < -0.3 is 9.72 Å². The fourth-order valence-corrected chi connectivity index (χ4v) is 2.74. The molecule has 1 aromatic carbocycles. The molecule has 3 rings (SSSR count). The molecule has 5 heteroatoms. The van der Waals surface area contributed by atoms with E-state index < -0.39 is 0 Å². The van der Waals surface area contributed by atoms with Gasteiger partial charge in [0.2, 0.25) is 0 Å². The van der Waals surface area contributed by atoms with Gasteiger partial charge in [0, 0.05) is 0 Å². The maximum Gasteiger partial charge on any atom is 0.268 e. The van der Waals surface area contributed by atoms with Crippen molar-refractivity contribution < 1.29 is 4.74 Å². The van der Waals surface area contributed by atoms with Crippen LogP contribution in [0.15, 0.2) is 34.4 Å². The molecule has 0 aliphatic heterocycles. The Morgan fingerprint density at radius 1 is 1.30 bits per heavy atom. The van der Waals surface area contributed by atoms with Gasteiger partial charge in [-0.1, -0.05) is 12.1 Å². The number of aromatic nitrogens is 2. The summed E-state index contributed by atoms with van der Waals surface area (Å²) in [6.45, 7) is 4.31. The predicted octanol–water partition coefficient (Wildman–Crippen LogP) is 3.18. The highest BCUT2D eigenvalue weighted by atomic mass is 32.1. The van der Waals surface area contributed by atoms with Crippen LogP contribution in [-0.2, 0) is 6.61 Å². The van der Waals surface area contributed by atoms with Crippen LogP contribution in [0, 0.1) is 13.8 Å². The third-order valence-corrected chi connectivity index (χ3v) is 4.19. The Kier molecular flexibility index (Phi) is 3.28. The quantitative estimate of drug-likeness (QED) is 0.804. The second-order valence-electron chi connectivity index (χ2n) is 4.63. The Bertz CT molecular complexity index is 820. The van der Waals surface area contributed by atoms with Crippen LogP contribution >= 0.6 is 11.3 Å². The Balaban J connectivity index is 1.86. The third kappa shape index (κ3) is 2.32. The van der Waals surface area contributed by atoms with Crippen molar-refractivity contribution in [3.05, 3.63) is 57.0 Å². The van der Waals surface area contributed by atoms with E-state index in [1.807, 2.05) is 43.5 Å². The van der Waals surface area contributed by atoms with Crippen molar-refractivity contribution in [3.8, 4) is 5.75 Å². The Hall–Kier alpha value is -2.14. The lowest BCUT2D eigenvalue weighted by Gasteiger charge is -2.10. The Labute approximate surface area is 120 Å². The molecule has 102 valence electrons. The van der Waals surface area contributed by atoms with Gasteiger partial charge in [-0.25, -0.2) is 4.98 Å². The largest absolute Gasteiger partial charge is 0.485 e. The molecule has 0 radical (unpaired) electrons. The van der Waals surface area contributed by atoms with Gasteiger partial charge in [0.25, 0.3) is 5.56 Å². The second-order valence-corrected chi connectivity index (χ2v) is 5.55. The van der Waals surface area contributed by atoms with Gasteiger partial charge in [-0.2, -0.15) is 0 Å². The van der Waals surface area contributed by atoms with Gasteiger partial charge in [0.1, 0.15) is 22.9 Å². The number of nitrogens with zero attached hydrogens (tertiary/aromatic N) is 1. The van der Waals surface area contributed by atoms with Crippen molar-refractivity contribution in [1.82, 2.24) is 9.97 Å². The lowest BCUT2D eigenvalue weighted by atomic mass is 10.1. The smallest absolute Gasteiger partial charge is 0.268 e. The summed E-state index contributed by atoms with van der Waals surface area (Å²) in [7, 11) is 0. The molecule has 0 saturated heterocycles. The van der Waals surface area contributed by atoms with Gasteiger partial charge in [-0.3, -0.25) is 4.79 Å². The number of thiophene rings is 1. The zero-order valence-electron chi connectivity index (χ0n) is 11.3. The summed E-state index contributed by atoms with van der Waals surface area (Å²) in [5, 5.41) is 1.86. The molecule has 1 N–H and O–H groups in total. The van der Waals surface area contributed by atoms with Crippen molar-refractivity contribution in [1.29, 1.82) is 0 Å². The summed E-state index contributed by atoms with van der Waals surface area (Å²) in [6, 6.07) is 7.76. The van der Waals surface area contributed by atoms with E-state index in [1.54, 1.807) is 0 Å². The van der Waals surface area contributed by atoms with Crippen LogP contribution in [-0.4, -0.2) is 9.97 Å². The molecule has 0 unspecified atom stereocenters. The summed E-state index contributed by atoms with van der Waals surface area (Å²) in [5.74, 6) is 1.36. The molecule has 0 aliphatic rings. The van der Waals surface area contributed by atoms with Gasteiger partial charge >= 0.3 is 0 Å². The summed E-state index contributed by atoms with van der Waals surface area (Å²) < 4.78 is 6.41. The van der Waals surface area contributed by atoms with E-state index in [2.05, 4.69) is 9.97 Å². The molecule has 2 heterocycles. The van der Waals surface area contributed by atoms with Crippen molar-refractivity contribution >= 4 is 21.6 Å². The molecule has 20 heavy (non-hydrogen) atoms. The number of benzene rings is 1. The number of nitrogens with one attached hydrogen (secondary N) is 1. The summed E-state index contributed by atoms with van der Waals surface area (Å²) in [5.41, 5.74) is 2.89. The van der Waals surface area contributed by atoms with Crippen LogP contribution in [0.1, 0.15) is 17.0 Å². The molecule has 0 aliphatic carbocycles. The van der Waals surface area contributed by atoms with E-state index in [0.717, 1.165) is 16.8 Å². The fraction of sp³-hybridized carbons (Fsp3) is 0.200. The number of aromatic amines is 1. The highest BCUT2D eigenvalue weighted by Crippen LogP contribution is 2.21. The molecule has 4 nitrogen and oxygen atoms in total. The lowest BCUT2D eigenvalue weighted by Crippen LogP contribution is -2.12. The highest BCUT2D eigenvalue weighted by molar-refractivity contribution is 7.17. The number of rotatable bonds is 3. The fourth-order valence-electron chi connectivity index (χ4n) is 2.02. The minimum atomic E-state index is -0.107. The minimum absolute atomic E-state index is 0.107. The summed E-state index contributed by atoms with van der Waals surface area (Å²) >= 11 is 1.39. The monoisotopic (exact) mass is 286 g/mol. The minimum Gasteiger partial charge on any atom is -0.485 e. The number of H-pyrrole nitrogens is 1. The van der Waals surface area contributed by atoms with E-state index in [-0.39, 0.29) is 12.2 Å². The number of hydrogen-bond donors (Lipinski definition) is 1. The zero-order chi connectivity index (χ0) is 14.1. The highest BCUT2D eigenvalue weighted by Gasteiger charge is 2.07. The van der Waals surface area contributed by atoms with E-state index in [4.69, 9.17) is 4.74 Å². The van der Waals surface area contributed by atoms with Crippen LogP contribution in [0.4, 0.5) is 0 Å². The van der Waals surface area contributed by atoms with Crippen LogP contribution in [0.3, 0.4) is 0 Å². The van der Waals surface area contributed by atoms with Crippen molar-refractivity contribution in [2.24, 2.45) is 0 Å². The number of aryl methyl sites for hydroxylation is 1. The van der Waals surface area contributed by atoms with Crippen molar-refractivity contribution in [2.75, 3.05) is 0 Å². The molecular formula is C15H14N2O2S. The first-order valence-electron chi connectivity index (χ1n) is 6.30. The molecule has 0 amide bonds. The van der Waals surface area contributed by atoms with Crippen LogP contribution in [0.25, 0.3) is 10.2 Å². The first kappa shape index (κ1) is 12.9. The van der Waals surface area contributed by atoms with Gasteiger partial charge in [-0.05, 0) is 42.5 Å². The molecular weight excluding hydrogens is 272 g/mol. The lowest BCUT2D eigenvalue weighted by molar-refractivity contribution is 0.294. The second kappa shape index (κ2) is 5.09. The normalized spacial score (nSPS) is 10.9. The molecule has 0 spiro atoms. The molecule has 0 saturated carbocycles. The number of ether oxygens (including phenoxy) is 1. The first-order valence-corrected chi connectivity index (χ1v) is 7.18. The standard InChI is InChI=1S/C15H14N2O2S/c1-9-4-3-5-12(10(9)2)19-8-13-16-11-6-7-20-14(11)15(18)17-13/h3-7H,8H2,1-2H3,(H,16,17,18). The third-order valence-electron chi connectivity index (χ3n) is 3.28. The number of fused-ring (bicyclic) bond motifs is 1. The van der Waals surface area contributed by atoms with Gasteiger partial charge in [-0.15, -0.1) is 11.3 Å². The van der Waals surface area contributed by atoms with E-state index in [0.29, 0.717) is 10.5 Å². The SMILES string of the molecule is Cc1cccc(OCc2nc3ccsc3c(=O)[nH]2)c1C. The zero-order valence-corrected chi connectivity index (χ0v) is 12.1. The van der Waals surface area contributed by atoms with Crippen molar-refractivity contribution in [3.63, 3.8) is 0 Å². The van der Waals surface area contributed by atoms with Gasteiger partial charge in [0.15, 0.2) is 0 Å². The van der Waals surface area contributed by atoms with Crippen LogP contribution < -0.4 is 10.3 Å². The molecule has 0 fully saturated rings. The van der Waals surface area contributed by atoms with E-state index >= 15 is 0 Å². The average molecular weight is 286 g/mol. The Morgan fingerprint density at radius 2 is 2.15 bits per heavy atom. The number of hydrogen-bond acceptors (Lipinski definition) is 4. The van der Waals surface area contributed by atoms with Crippen LogP contribution in [0.5, 0.6) is 5.75 Å². The predicted molar refractivity (Wildman–Crippen MR) is 80.5 cm³/mol. The van der Waals surface area contributed by atoms with E-state index in [9.17, 15) is 4.79 Å².